The first-order valence-electron chi connectivity index (χ1n) is 3.70. The summed E-state index contributed by atoms with van der Waals surface area (Å²) in [5, 5.41) is 9.89. The fourth-order valence-electron chi connectivity index (χ4n) is 1.23. The Labute approximate surface area is 74.9 Å². The van der Waals surface area contributed by atoms with Crippen LogP contribution in [-0.4, -0.2) is 0 Å². The van der Waals surface area contributed by atoms with Crippen molar-refractivity contribution in [2.75, 3.05) is 0 Å². The number of nitriles is 1. The Balaban J connectivity index is 2.77. The summed E-state index contributed by atoms with van der Waals surface area (Å²) < 4.78 is 1.20. The van der Waals surface area contributed by atoms with E-state index < -0.39 is 0 Å². The predicted molar refractivity (Wildman–Crippen MR) is 51.3 cm³/mol. The summed E-state index contributed by atoms with van der Waals surface area (Å²) in [6.45, 7) is 2.08. The molecular formula is C10H7NS. The molecule has 0 aliphatic rings. The number of fused-ring (bicyclic) bond motifs is 1. The van der Waals surface area contributed by atoms with E-state index in [1.165, 1.54) is 15.0 Å². The highest BCUT2D eigenvalue weighted by atomic mass is 32.1. The van der Waals surface area contributed by atoms with Gasteiger partial charge >= 0.3 is 0 Å². The minimum atomic E-state index is 0.740. The van der Waals surface area contributed by atoms with Crippen molar-refractivity contribution >= 4 is 21.4 Å². The van der Waals surface area contributed by atoms with Crippen molar-refractivity contribution in [1.29, 1.82) is 5.26 Å². The molecule has 0 N–H and O–H groups in total. The van der Waals surface area contributed by atoms with E-state index in [1.54, 1.807) is 11.3 Å². The van der Waals surface area contributed by atoms with Crippen LogP contribution in [0.25, 0.3) is 10.1 Å². The first kappa shape index (κ1) is 7.33. The summed E-state index contributed by atoms with van der Waals surface area (Å²) in [7, 11) is 0. The van der Waals surface area contributed by atoms with Gasteiger partial charge in [-0.2, -0.15) is 5.26 Å². The SMILES string of the molecule is Cc1cc2ccc(C#N)cc2s1. The summed E-state index contributed by atoms with van der Waals surface area (Å²) in [6, 6.07) is 10.1. The van der Waals surface area contributed by atoms with Gasteiger partial charge < -0.3 is 0 Å². The van der Waals surface area contributed by atoms with Gasteiger partial charge in [0.25, 0.3) is 0 Å². The topological polar surface area (TPSA) is 23.8 Å². The average Bonchev–Trinajstić information content (AvgIpc) is 2.43. The summed E-state index contributed by atoms with van der Waals surface area (Å²) in [4.78, 5) is 1.29. The fourth-order valence-corrected chi connectivity index (χ4v) is 2.20. The van der Waals surface area contributed by atoms with Crippen LogP contribution >= 0.6 is 11.3 Å². The number of benzene rings is 1. The molecule has 0 saturated heterocycles. The molecule has 1 heterocycles. The van der Waals surface area contributed by atoms with Gasteiger partial charge in [-0.1, -0.05) is 6.07 Å². The van der Waals surface area contributed by atoms with Crippen LogP contribution in [0.2, 0.25) is 0 Å². The maximum atomic E-state index is 8.66. The third-order valence-electron chi connectivity index (χ3n) is 1.77. The van der Waals surface area contributed by atoms with E-state index in [0.29, 0.717) is 0 Å². The second kappa shape index (κ2) is 2.62. The van der Waals surface area contributed by atoms with Crippen molar-refractivity contribution in [1.82, 2.24) is 0 Å². The fraction of sp³-hybridized carbons (Fsp3) is 0.100. The molecule has 1 aromatic carbocycles. The molecule has 2 rings (SSSR count). The number of aryl methyl sites for hydroxylation is 1. The molecule has 1 aromatic heterocycles. The molecule has 0 atom stereocenters. The zero-order valence-corrected chi connectivity index (χ0v) is 7.48. The average molecular weight is 173 g/mol. The lowest BCUT2D eigenvalue weighted by Crippen LogP contribution is -1.69. The van der Waals surface area contributed by atoms with Crippen LogP contribution in [0.15, 0.2) is 24.3 Å². The Morgan fingerprint density at radius 3 is 2.92 bits per heavy atom. The molecule has 58 valence electrons. The Kier molecular flexibility index (Phi) is 1.60. The molecule has 0 spiro atoms. The predicted octanol–water partition coefficient (Wildman–Crippen LogP) is 3.08. The second-order valence-electron chi connectivity index (χ2n) is 2.72. The van der Waals surface area contributed by atoms with Gasteiger partial charge in [-0.3, -0.25) is 0 Å². The number of hydrogen-bond donors (Lipinski definition) is 0. The van der Waals surface area contributed by atoms with Gasteiger partial charge in [0, 0.05) is 9.58 Å². The van der Waals surface area contributed by atoms with Crippen LogP contribution in [0.3, 0.4) is 0 Å². The van der Waals surface area contributed by atoms with E-state index in [4.69, 9.17) is 5.26 Å². The Morgan fingerprint density at radius 2 is 2.17 bits per heavy atom. The minimum absolute atomic E-state index is 0.740. The van der Waals surface area contributed by atoms with Gasteiger partial charge in [0.05, 0.1) is 11.6 Å². The molecule has 2 aromatic rings. The quantitative estimate of drug-likeness (QED) is 0.600. The lowest BCUT2D eigenvalue weighted by atomic mass is 10.2. The van der Waals surface area contributed by atoms with Crippen LogP contribution in [0, 0.1) is 18.3 Å². The van der Waals surface area contributed by atoms with Crippen molar-refractivity contribution < 1.29 is 0 Å². The Morgan fingerprint density at radius 1 is 1.33 bits per heavy atom. The molecule has 0 bridgehead atoms. The molecule has 0 saturated carbocycles. The van der Waals surface area contributed by atoms with E-state index in [0.717, 1.165) is 5.56 Å². The van der Waals surface area contributed by atoms with Crippen LogP contribution in [-0.2, 0) is 0 Å². The standard InChI is InChI=1S/C10H7NS/c1-7-4-9-3-2-8(6-11)5-10(9)12-7/h2-5H,1H3. The summed E-state index contributed by atoms with van der Waals surface area (Å²) in [6.07, 6.45) is 0. The monoisotopic (exact) mass is 173 g/mol. The molecule has 0 amide bonds. The third kappa shape index (κ3) is 1.09. The van der Waals surface area contributed by atoms with Crippen molar-refractivity contribution in [2.45, 2.75) is 6.92 Å². The molecule has 0 fully saturated rings. The third-order valence-corrected chi connectivity index (χ3v) is 2.79. The first-order chi connectivity index (χ1) is 5.79. The van der Waals surface area contributed by atoms with Crippen LogP contribution < -0.4 is 0 Å². The zero-order chi connectivity index (χ0) is 8.55. The number of hydrogen-bond acceptors (Lipinski definition) is 2. The lowest BCUT2D eigenvalue weighted by molar-refractivity contribution is 1.50. The largest absolute Gasteiger partial charge is 0.192 e. The summed E-state index contributed by atoms with van der Waals surface area (Å²) in [5.41, 5.74) is 0.740. The minimum Gasteiger partial charge on any atom is -0.192 e. The van der Waals surface area contributed by atoms with Gasteiger partial charge in [-0.15, -0.1) is 11.3 Å². The molecule has 0 aliphatic carbocycles. The smallest absolute Gasteiger partial charge is 0.0992 e. The maximum absolute atomic E-state index is 8.66. The van der Waals surface area contributed by atoms with E-state index in [1.807, 2.05) is 18.2 Å². The molecule has 1 nitrogen and oxygen atoms in total. The molecule has 2 heteroatoms. The maximum Gasteiger partial charge on any atom is 0.0992 e. The highest BCUT2D eigenvalue weighted by Crippen LogP contribution is 2.25. The number of nitrogens with zero attached hydrogens (tertiary/aromatic N) is 1. The van der Waals surface area contributed by atoms with Gasteiger partial charge in [0.2, 0.25) is 0 Å². The van der Waals surface area contributed by atoms with Crippen molar-refractivity contribution in [3.8, 4) is 6.07 Å². The highest BCUT2D eigenvalue weighted by molar-refractivity contribution is 7.19. The molecule has 0 radical (unpaired) electrons. The Hall–Kier alpha value is -1.33. The number of thiophene rings is 1. The second-order valence-corrected chi connectivity index (χ2v) is 4.01. The van der Waals surface area contributed by atoms with E-state index in [9.17, 15) is 0 Å². The van der Waals surface area contributed by atoms with Crippen LogP contribution in [0.1, 0.15) is 10.4 Å². The van der Waals surface area contributed by atoms with Crippen molar-refractivity contribution in [2.24, 2.45) is 0 Å². The van der Waals surface area contributed by atoms with E-state index in [2.05, 4.69) is 19.1 Å². The summed E-state index contributed by atoms with van der Waals surface area (Å²) >= 11 is 1.73. The van der Waals surface area contributed by atoms with Crippen molar-refractivity contribution in [3.05, 3.63) is 34.7 Å². The highest BCUT2D eigenvalue weighted by Gasteiger charge is 1.98. The Bertz CT molecular complexity index is 462. The van der Waals surface area contributed by atoms with E-state index in [-0.39, 0.29) is 0 Å². The molecule has 0 unspecified atom stereocenters. The molecular weight excluding hydrogens is 166 g/mol. The summed E-state index contributed by atoms with van der Waals surface area (Å²) in [5.74, 6) is 0. The lowest BCUT2D eigenvalue weighted by Gasteiger charge is -1.87. The molecule has 12 heavy (non-hydrogen) atoms. The van der Waals surface area contributed by atoms with Crippen LogP contribution in [0.4, 0.5) is 0 Å². The van der Waals surface area contributed by atoms with Gasteiger partial charge in [0.15, 0.2) is 0 Å². The number of rotatable bonds is 0. The van der Waals surface area contributed by atoms with Crippen LogP contribution in [0.5, 0.6) is 0 Å². The zero-order valence-electron chi connectivity index (χ0n) is 6.66. The van der Waals surface area contributed by atoms with Crippen molar-refractivity contribution in [3.63, 3.8) is 0 Å². The van der Waals surface area contributed by atoms with E-state index >= 15 is 0 Å². The van der Waals surface area contributed by atoms with Gasteiger partial charge in [0.1, 0.15) is 0 Å². The first-order valence-corrected chi connectivity index (χ1v) is 4.51. The van der Waals surface area contributed by atoms with Gasteiger partial charge in [-0.05, 0) is 30.5 Å². The normalized spacial score (nSPS) is 10.0. The molecule has 0 aliphatic heterocycles. The van der Waals surface area contributed by atoms with Gasteiger partial charge in [-0.25, -0.2) is 0 Å².